The van der Waals surface area contributed by atoms with Crippen LogP contribution in [-0.4, -0.2) is 31.0 Å². The van der Waals surface area contributed by atoms with Gasteiger partial charge in [0.2, 0.25) is 5.91 Å². The van der Waals surface area contributed by atoms with E-state index in [1.165, 1.54) is 29.2 Å². The molecule has 6 heteroatoms. The van der Waals surface area contributed by atoms with Crippen LogP contribution in [-0.2, 0) is 9.59 Å². The highest BCUT2D eigenvalue weighted by Gasteiger charge is 2.40. The van der Waals surface area contributed by atoms with E-state index in [1.807, 2.05) is 24.3 Å². The highest BCUT2D eigenvalue weighted by atomic mass is 19.1. The van der Waals surface area contributed by atoms with Gasteiger partial charge in [-0.3, -0.25) is 14.5 Å². The van der Waals surface area contributed by atoms with Crippen LogP contribution in [0.25, 0.3) is 0 Å². The summed E-state index contributed by atoms with van der Waals surface area (Å²) in [7, 11) is 0. The standard InChI is InChI=1S/C19H17FN2O3/c20-13-5-9-15(10-6-13)25-12-19(24)21-11-18(23)22(14-7-8-14)17-4-2-1-3-16(17)21/h1-6,9-10,14H,7-8,11-12H2. The van der Waals surface area contributed by atoms with Crippen molar-refractivity contribution in [3.8, 4) is 5.75 Å². The van der Waals surface area contributed by atoms with Crippen LogP contribution < -0.4 is 14.5 Å². The molecule has 4 rings (SSSR count). The zero-order valence-corrected chi connectivity index (χ0v) is 13.5. The Labute approximate surface area is 144 Å². The summed E-state index contributed by atoms with van der Waals surface area (Å²) in [5.41, 5.74) is 1.50. The molecule has 0 atom stereocenters. The minimum absolute atomic E-state index is 0.0130. The summed E-state index contributed by atoms with van der Waals surface area (Å²) in [6, 6.07) is 13.1. The van der Waals surface area contributed by atoms with E-state index < -0.39 is 0 Å². The smallest absolute Gasteiger partial charge is 0.265 e. The zero-order valence-electron chi connectivity index (χ0n) is 13.5. The first-order chi connectivity index (χ1) is 12.1. The van der Waals surface area contributed by atoms with Crippen LogP contribution in [0.5, 0.6) is 5.75 Å². The number of carbonyl (C=O) groups excluding carboxylic acids is 2. The second-order valence-electron chi connectivity index (χ2n) is 6.21. The molecule has 1 aliphatic carbocycles. The lowest BCUT2D eigenvalue weighted by molar-refractivity contribution is -0.124. The van der Waals surface area contributed by atoms with Gasteiger partial charge >= 0.3 is 0 Å². The molecule has 1 aliphatic heterocycles. The van der Waals surface area contributed by atoms with Crippen LogP contribution in [0.2, 0.25) is 0 Å². The number of hydrogen-bond donors (Lipinski definition) is 0. The number of halogens is 1. The van der Waals surface area contributed by atoms with Gasteiger partial charge in [-0.1, -0.05) is 12.1 Å². The van der Waals surface area contributed by atoms with Gasteiger partial charge in [-0.25, -0.2) is 4.39 Å². The third-order valence-corrected chi connectivity index (χ3v) is 4.38. The van der Waals surface area contributed by atoms with Crippen molar-refractivity contribution in [1.29, 1.82) is 0 Å². The van der Waals surface area contributed by atoms with Gasteiger partial charge in [0.05, 0.1) is 11.4 Å². The first-order valence-electron chi connectivity index (χ1n) is 8.23. The van der Waals surface area contributed by atoms with Crippen molar-refractivity contribution in [3.05, 3.63) is 54.3 Å². The van der Waals surface area contributed by atoms with Crippen LogP contribution in [0, 0.1) is 5.82 Å². The van der Waals surface area contributed by atoms with Crippen LogP contribution >= 0.6 is 0 Å². The molecular weight excluding hydrogens is 323 g/mol. The molecule has 1 saturated carbocycles. The average molecular weight is 340 g/mol. The quantitative estimate of drug-likeness (QED) is 0.860. The number of para-hydroxylation sites is 2. The van der Waals surface area contributed by atoms with E-state index in [-0.39, 0.29) is 36.8 Å². The molecule has 0 unspecified atom stereocenters. The second kappa shape index (κ2) is 6.20. The number of rotatable bonds is 4. The average Bonchev–Trinajstić information content (AvgIpc) is 3.45. The van der Waals surface area contributed by atoms with Gasteiger partial charge in [0.1, 0.15) is 18.1 Å². The summed E-state index contributed by atoms with van der Waals surface area (Å²) >= 11 is 0. The topological polar surface area (TPSA) is 49.9 Å². The molecule has 1 heterocycles. The van der Waals surface area contributed by atoms with E-state index in [9.17, 15) is 14.0 Å². The van der Waals surface area contributed by atoms with E-state index in [1.54, 1.807) is 4.90 Å². The number of nitrogens with zero attached hydrogens (tertiary/aromatic N) is 2. The second-order valence-corrected chi connectivity index (χ2v) is 6.21. The van der Waals surface area contributed by atoms with E-state index in [0.29, 0.717) is 5.75 Å². The van der Waals surface area contributed by atoms with Crippen molar-refractivity contribution in [1.82, 2.24) is 0 Å². The minimum atomic E-state index is -0.366. The van der Waals surface area contributed by atoms with Crippen molar-refractivity contribution in [3.63, 3.8) is 0 Å². The predicted molar refractivity (Wildman–Crippen MR) is 91.2 cm³/mol. The van der Waals surface area contributed by atoms with E-state index in [0.717, 1.165) is 24.2 Å². The first kappa shape index (κ1) is 15.6. The Morgan fingerprint density at radius 2 is 1.76 bits per heavy atom. The maximum absolute atomic E-state index is 12.9. The summed E-state index contributed by atoms with van der Waals surface area (Å²) in [5, 5.41) is 0. The molecule has 5 nitrogen and oxygen atoms in total. The lowest BCUT2D eigenvalue weighted by Crippen LogP contribution is -2.50. The third kappa shape index (κ3) is 3.07. The van der Waals surface area contributed by atoms with Crippen LogP contribution in [0.3, 0.4) is 0 Å². The Morgan fingerprint density at radius 1 is 1.08 bits per heavy atom. The van der Waals surface area contributed by atoms with Gasteiger partial charge in [-0.15, -0.1) is 0 Å². The molecule has 2 amide bonds. The first-order valence-corrected chi connectivity index (χ1v) is 8.23. The van der Waals surface area contributed by atoms with Gasteiger partial charge in [-0.2, -0.15) is 0 Å². The van der Waals surface area contributed by atoms with Crippen molar-refractivity contribution in [2.75, 3.05) is 23.0 Å². The SMILES string of the molecule is O=C(COc1ccc(F)cc1)N1CC(=O)N(C2CC2)c2ccccc21. The monoisotopic (exact) mass is 340 g/mol. The molecule has 2 aromatic rings. The molecule has 0 radical (unpaired) electrons. The number of hydrogen-bond acceptors (Lipinski definition) is 3. The molecule has 0 saturated heterocycles. The van der Waals surface area contributed by atoms with Crippen LogP contribution in [0.15, 0.2) is 48.5 Å². The summed E-state index contributed by atoms with van der Waals surface area (Å²) < 4.78 is 18.3. The van der Waals surface area contributed by atoms with E-state index in [4.69, 9.17) is 4.74 Å². The van der Waals surface area contributed by atoms with Gasteiger partial charge < -0.3 is 9.64 Å². The Kier molecular flexibility index (Phi) is 3.87. The molecule has 0 aromatic heterocycles. The van der Waals surface area contributed by atoms with Gasteiger partial charge in [-0.05, 0) is 49.2 Å². The van der Waals surface area contributed by atoms with Crippen LogP contribution in [0.4, 0.5) is 15.8 Å². The molecule has 2 aromatic carbocycles. The maximum Gasteiger partial charge on any atom is 0.265 e. The van der Waals surface area contributed by atoms with E-state index >= 15 is 0 Å². The normalized spacial score (nSPS) is 16.6. The Morgan fingerprint density at radius 3 is 2.44 bits per heavy atom. The van der Waals surface area contributed by atoms with Gasteiger partial charge in [0, 0.05) is 6.04 Å². The summed E-state index contributed by atoms with van der Waals surface area (Å²) in [6.45, 7) is -0.199. The van der Waals surface area contributed by atoms with E-state index in [2.05, 4.69) is 0 Å². The Hall–Kier alpha value is -2.89. The third-order valence-electron chi connectivity index (χ3n) is 4.38. The highest BCUT2D eigenvalue weighted by molar-refractivity contribution is 6.11. The summed E-state index contributed by atoms with van der Waals surface area (Å²) in [4.78, 5) is 28.4. The molecule has 0 bridgehead atoms. The van der Waals surface area contributed by atoms with Crippen molar-refractivity contribution >= 4 is 23.2 Å². The Balaban J connectivity index is 1.53. The van der Waals surface area contributed by atoms with Crippen molar-refractivity contribution < 1.29 is 18.7 Å². The molecule has 2 aliphatic rings. The predicted octanol–water partition coefficient (Wildman–Crippen LogP) is 2.75. The van der Waals surface area contributed by atoms with Crippen molar-refractivity contribution in [2.24, 2.45) is 0 Å². The highest BCUT2D eigenvalue weighted by Crippen LogP contribution is 2.40. The number of ether oxygens (including phenoxy) is 1. The zero-order chi connectivity index (χ0) is 17.4. The fourth-order valence-electron chi connectivity index (χ4n) is 3.04. The number of fused-ring (bicyclic) bond motifs is 1. The summed E-state index contributed by atoms with van der Waals surface area (Å²) in [5.74, 6) is -0.336. The summed E-state index contributed by atoms with van der Waals surface area (Å²) in [6.07, 6.45) is 2.00. The number of anilines is 2. The largest absolute Gasteiger partial charge is 0.484 e. The van der Waals surface area contributed by atoms with Crippen LogP contribution in [0.1, 0.15) is 12.8 Å². The lowest BCUT2D eigenvalue weighted by Gasteiger charge is -2.36. The number of amides is 2. The molecule has 128 valence electrons. The maximum atomic E-state index is 12.9. The van der Waals surface area contributed by atoms with Gasteiger partial charge in [0.25, 0.3) is 5.91 Å². The molecule has 0 spiro atoms. The number of carbonyl (C=O) groups is 2. The molecule has 1 fully saturated rings. The Bertz CT molecular complexity index is 818. The van der Waals surface area contributed by atoms with Gasteiger partial charge in [0.15, 0.2) is 6.61 Å². The minimum Gasteiger partial charge on any atom is -0.484 e. The molecule has 0 N–H and O–H groups in total. The van der Waals surface area contributed by atoms with Crippen molar-refractivity contribution in [2.45, 2.75) is 18.9 Å². The molecular formula is C19H17FN2O3. The fourth-order valence-corrected chi connectivity index (χ4v) is 3.04. The number of benzene rings is 2. The molecule has 25 heavy (non-hydrogen) atoms. The fraction of sp³-hybridized carbons (Fsp3) is 0.263. The lowest BCUT2D eigenvalue weighted by atomic mass is 10.1.